The van der Waals surface area contributed by atoms with Crippen molar-refractivity contribution in [2.75, 3.05) is 6.61 Å². The smallest absolute Gasteiger partial charge is 0.268 e. The minimum Gasteiger partial charge on any atom is -0.454 e. The van der Waals surface area contributed by atoms with E-state index in [4.69, 9.17) is 9.47 Å². The average molecular weight is 399 g/mol. The summed E-state index contributed by atoms with van der Waals surface area (Å²) in [5.41, 5.74) is 1.29. The Kier molecular flexibility index (Phi) is 5.12. The van der Waals surface area contributed by atoms with E-state index in [0.717, 1.165) is 5.52 Å². The largest absolute Gasteiger partial charge is 0.454 e. The number of para-hydroxylation sites is 2. The minimum atomic E-state index is -2.00. The van der Waals surface area contributed by atoms with Gasteiger partial charge in [-0.2, -0.15) is 0 Å². The molecule has 5 atom stereocenters. The first-order chi connectivity index (χ1) is 14.0. The van der Waals surface area contributed by atoms with Crippen LogP contribution in [0.3, 0.4) is 0 Å². The van der Waals surface area contributed by atoms with Gasteiger partial charge in [-0.25, -0.2) is 0 Å². The molecule has 1 aromatic heterocycles. The van der Waals surface area contributed by atoms with Crippen LogP contribution < -0.4 is 4.74 Å². The fourth-order valence-corrected chi connectivity index (χ4v) is 3.70. The monoisotopic (exact) mass is 399 g/mol. The van der Waals surface area contributed by atoms with Gasteiger partial charge in [0.15, 0.2) is 12.4 Å². The summed E-state index contributed by atoms with van der Waals surface area (Å²) in [7, 11) is 0. The first-order valence-electron chi connectivity index (χ1n) is 9.14. The lowest BCUT2D eigenvalue weighted by Gasteiger charge is -2.48. The number of fused-ring (bicyclic) bond motifs is 1. The molecule has 0 unspecified atom stereocenters. The number of aldehydes is 1. The van der Waals surface area contributed by atoms with Crippen molar-refractivity contribution < 1.29 is 34.7 Å². The van der Waals surface area contributed by atoms with Crippen LogP contribution in [-0.2, 0) is 10.5 Å². The summed E-state index contributed by atoms with van der Waals surface area (Å²) in [4.78, 5) is 14.5. The summed E-state index contributed by atoms with van der Waals surface area (Å²) in [5, 5.41) is 42.0. The van der Waals surface area contributed by atoms with Crippen molar-refractivity contribution in [2.24, 2.45) is 0 Å². The molecule has 0 amide bonds. The van der Waals surface area contributed by atoms with Crippen LogP contribution in [0.25, 0.3) is 10.9 Å². The molecule has 1 aliphatic rings. The van der Waals surface area contributed by atoms with Crippen LogP contribution in [0.5, 0.6) is 5.75 Å². The quantitative estimate of drug-likeness (QED) is 0.399. The van der Waals surface area contributed by atoms with Crippen molar-refractivity contribution in [1.82, 2.24) is 4.98 Å². The standard InChI is InChI=1S/C21H21NO7/c23-10-12-5-1-4-8-16(12)28-21(14-9-22-15-7-3-2-6-13(14)15)20(27)19(26)18(25)17(11-24)29-21/h1-10,17-20,22,24-27H,11H2/t17-,18+,19+,20-,21-/m1/s1. The van der Waals surface area contributed by atoms with Crippen LogP contribution in [0.2, 0.25) is 0 Å². The van der Waals surface area contributed by atoms with E-state index in [1.807, 2.05) is 12.1 Å². The molecule has 8 nitrogen and oxygen atoms in total. The summed E-state index contributed by atoms with van der Waals surface area (Å²) in [6.45, 7) is -0.617. The number of aliphatic hydroxyl groups excluding tert-OH is 4. The van der Waals surface area contributed by atoms with Crippen LogP contribution in [0, 0.1) is 0 Å². The van der Waals surface area contributed by atoms with Gasteiger partial charge < -0.3 is 34.9 Å². The molecule has 2 aromatic carbocycles. The fraction of sp³-hybridized carbons (Fsp3) is 0.286. The molecule has 4 rings (SSSR count). The number of rotatable bonds is 5. The summed E-state index contributed by atoms with van der Waals surface area (Å²) < 4.78 is 12.0. The number of aromatic amines is 1. The Morgan fingerprint density at radius 3 is 2.55 bits per heavy atom. The van der Waals surface area contributed by atoms with Crippen molar-refractivity contribution >= 4 is 17.2 Å². The highest BCUT2D eigenvalue weighted by Gasteiger charge is 2.57. The number of carbonyl (C=O) groups excluding carboxylic acids is 1. The van der Waals surface area contributed by atoms with Crippen LogP contribution in [0.4, 0.5) is 0 Å². The zero-order chi connectivity index (χ0) is 20.6. The number of aliphatic hydroxyl groups is 4. The van der Waals surface area contributed by atoms with E-state index in [0.29, 0.717) is 17.2 Å². The van der Waals surface area contributed by atoms with E-state index in [-0.39, 0.29) is 11.3 Å². The molecule has 3 aromatic rings. The molecular weight excluding hydrogens is 378 g/mol. The maximum atomic E-state index is 11.5. The Hall–Kier alpha value is -2.75. The molecule has 0 bridgehead atoms. The van der Waals surface area contributed by atoms with Gasteiger partial charge in [0.2, 0.25) is 0 Å². The Morgan fingerprint density at radius 1 is 1.07 bits per heavy atom. The van der Waals surface area contributed by atoms with Gasteiger partial charge in [0.25, 0.3) is 5.79 Å². The predicted octanol–water partition coefficient (Wildman–Crippen LogP) is 0.686. The first-order valence-corrected chi connectivity index (χ1v) is 9.14. The number of ether oxygens (including phenoxy) is 2. The highest BCUT2D eigenvalue weighted by Crippen LogP contribution is 2.43. The SMILES string of the molecule is O=Cc1ccccc1O[C@]1(c2c[nH]c3ccccc23)O[C@H](CO)[C@H](O)[C@H](O)[C@H]1O. The molecule has 1 saturated heterocycles. The molecule has 1 fully saturated rings. The molecule has 0 saturated carbocycles. The van der Waals surface area contributed by atoms with Crippen LogP contribution in [0.1, 0.15) is 15.9 Å². The molecule has 29 heavy (non-hydrogen) atoms. The Labute approximate surface area is 165 Å². The fourth-order valence-electron chi connectivity index (χ4n) is 3.70. The van der Waals surface area contributed by atoms with Gasteiger partial charge in [0, 0.05) is 17.1 Å². The molecule has 0 aliphatic carbocycles. The third kappa shape index (κ3) is 3.11. The van der Waals surface area contributed by atoms with Gasteiger partial charge in [-0.05, 0) is 18.2 Å². The number of nitrogens with one attached hydrogen (secondary N) is 1. The van der Waals surface area contributed by atoms with E-state index >= 15 is 0 Å². The van der Waals surface area contributed by atoms with Crippen LogP contribution in [0.15, 0.2) is 54.7 Å². The molecule has 0 spiro atoms. The predicted molar refractivity (Wildman–Crippen MR) is 102 cm³/mol. The summed E-state index contributed by atoms with van der Waals surface area (Å²) in [6.07, 6.45) is -3.99. The average Bonchev–Trinajstić information content (AvgIpc) is 3.19. The second-order valence-corrected chi connectivity index (χ2v) is 6.94. The molecule has 5 N–H and O–H groups in total. The van der Waals surface area contributed by atoms with E-state index in [2.05, 4.69) is 4.98 Å². The Balaban J connectivity index is 1.92. The van der Waals surface area contributed by atoms with Crippen LogP contribution >= 0.6 is 0 Å². The second-order valence-electron chi connectivity index (χ2n) is 6.94. The number of benzene rings is 2. The Bertz CT molecular complexity index is 1020. The van der Waals surface area contributed by atoms with Crippen LogP contribution in [-0.4, -0.2) is 62.7 Å². The van der Waals surface area contributed by atoms with Crippen molar-refractivity contribution in [1.29, 1.82) is 0 Å². The summed E-state index contributed by atoms with van der Waals surface area (Å²) in [6, 6.07) is 13.6. The lowest BCUT2D eigenvalue weighted by Crippen LogP contribution is -2.65. The van der Waals surface area contributed by atoms with E-state index < -0.39 is 36.8 Å². The highest BCUT2D eigenvalue weighted by atomic mass is 16.7. The minimum absolute atomic E-state index is 0.118. The highest BCUT2D eigenvalue weighted by molar-refractivity contribution is 5.84. The second kappa shape index (κ2) is 7.58. The number of aromatic nitrogens is 1. The first kappa shape index (κ1) is 19.6. The third-order valence-electron chi connectivity index (χ3n) is 5.22. The molecular formula is C21H21NO7. The number of hydrogen-bond acceptors (Lipinski definition) is 7. The van der Waals surface area contributed by atoms with Gasteiger partial charge in [0.1, 0.15) is 24.1 Å². The maximum Gasteiger partial charge on any atom is 0.268 e. The lowest BCUT2D eigenvalue weighted by atomic mass is 9.87. The molecule has 0 radical (unpaired) electrons. The summed E-state index contributed by atoms with van der Waals surface area (Å²) in [5.74, 6) is -1.88. The normalized spacial score (nSPS) is 29.7. The maximum absolute atomic E-state index is 11.5. The molecule has 8 heteroatoms. The molecule has 152 valence electrons. The topological polar surface area (TPSA) is 132 Å². The van der Waals surface area contributed by atoms with Gasteiger partial charge in [-0.3, -0.25) is 4.79 Å². The van der Waals surface area contributed by atoms with Gasteiger partial charge >= 0.3 is 0 Å². The van der Waals surface area contributed by atoms with Crippen molar-refractivity contribution in [3.63, 3.8) is 0 Å². The third-order valence-corrected chi connectivity index (χ3v) is 5.22. The number of carbonyl (C=O) groups is 1. The zero-order valence-corrected chi connectivity index (χ0v) is 15.3. The summed E-state index contributed by atoms with van der Waals surface area (Å²) >= 11 is 0. The van der Waals surface area contributed by atoms with E-state index in [9.17, 15) is 25.2 Å². The molecule has 1 aliphatic heterocycles. The van der Waals surface area contributed by atoms with Crippen molar-refractivity contribution in [3.8, 4) is 5.75 Å². The zero-order valence-electron chi connectivity index (χ0n) is 15.3. The molecule has 2 heterocycles. The van der Waals surface area contributed by atoms with E-state index in [1.54, 1.807) is 30.5 Å². The van der Waals surface area contributed by atoms with Gasteiger partial charge in [-0.15, -0.1) is 0 Å². The van der Waals surface area contributed by atoms with Crippen molar-refractivity contribution in [2.45, 2.75) is 30.2 Å². The van der Waals surface area contributed by atoms with E-state index in [1.165, 1.54) is 12.1 Å². The van der Waals surface area contributed by atoms with Gasteiger partial charge in [0.05, 0.1) is 17.7 Å². The number of hydrogen-bond donors (Lipinski definition) is 5. The number of H-pyrrole nitrogens is 1. The lowest BCUT2D eigenvalue weighted by molar-refractivity contribution is -0.345. The van der Waals surface area contributed by atoms with Gasteiger partial charge in [-0.1, -0.05) is 30.3 Å². The Morgan fingerprint density at radius 2 is 1.79 bits per heavy atom. The van der Waals surface area contributed by atoms with Crippen molar-refractivity contribution in [3.05, 3.63) is 65.9 Å².